The zero-order chi connectivity index (χ0) is 15.8. The van der Waals surface area contributed by atoms with Crippen molar-refractivity contribution in [2.24, 2.45) is 0 Å². The van der Waals surface area contributed by atoms with Crippen molar-refractivity contribution < 1.29 is 9.90 Å². The smallest absolute Gasteiger partial charge is 0.256 e. The first-order valence-electron chi connectivity index (χ1n) is 7.49. The number of aromatic hydroxyl groups is 1. The number of thiophene rings is 1. The maximum atomic E-state index is 12.8. The van der Waals surface area contributed by atoms with Gasteiger partial charge in [0.1, 0.15) is 22.6 Å². The lowest BCUT2D eigenvalue weighted by atomic mass is 10.1. The van der Waals surface area contributed by atoms with Crippen LogP contribution in [0.25, 0.3) is 21.7 Å². The highest BCUT2D eigenvalue weighted by atomic mass is 32.1. The van der Waals surface area contributed by atoms with Gasteiger partial charge in [0.2, 0.25) is 0 Å². The minimum atomic E-state index is -0.0410. The molecular weight excluding hydrogens is 312 g/mol. The molecule has 7 heteroatoms. The third kappa shape index (κ3) is 2.47. The van der Waals surface area contributed by atoms with Gasteiger partial charge in [-0.3, -0.25) is 4.79 Å². The summed E-state index contributed by atoms with van der Waals surface area (Å²) in [6.45, 7) is 2.97. The fraction of sp³-hybridized carbons (Fsp3) is 0.250. The molecule has 3 aromatic rings. The SMILES string of the molecule is O=C(c1ccc(O)c2[nH]c(-c3cccs3)nc12)N1CCNCC1. The number of phenolic OH excluding ortho intramolecular Hbond substituents is 1. The van der Waals surface area contributed by atoms with Crippen LogP contribution in [0.5, 0.6) is 5.75 Å². The quantitative estimate of drug-likeness (QED) is 0.672. The summed E-state index contributed by atoms with van der Waals surface area (Å²) in [7, 11) is 0. The summed E-state index contributed by atoms with van der Waals surface area (Å²) in [6, 6.07) is 7.10. The third-order valence-electron chi connectivity index (χ3n) is 4.01. The van der Waals surface area contributed by atoms with E-state index in [9.17, 15) is 9.90 Å². The first kappa shape index (κ1) is 14.2. The number of phenols is 1. The predicted octanol–water partition coefficient (Wildman–Crippen LogP) is 2.04. The van der Waals surface area contributed by atoms with E-state index in [2.05, 4.69) is 15.3 Å². The zero-order valence-electron chi connectivity index (χ0n) is 12.4. The number of rotatable bonds is 2. The van der Waals surface area contributed by atoms with Crippen molar-refractivity contribution in [3.8, 4) is 16.5 Å². The number of carbonyl (C=O) groups excluding carboxylic acids is 1. The second-order valence-corrected chi connectivity index (χ2v) is 6.41. The summed E-state index contributed by atoms with van der Waals surface area (Å²) in [5.74, 6) is 0.735. The van der Waals surface area contributed by atoms with Crippen LogP contribution in [0, 0.1) is 0 Å². The molecule has 2 aromatic heterocycles. The number of hydrogen-bond donors (Lipinski definition) is 3. The Bertz CT molecular complexity index is 850. The van der Waals surface area contributed by atoms with E-state index in [-0.39, 0.29) is 11.7 Å². The number of piperazine rings is 1. The van der Waals surface area contributed by atoms with Crippen molar-refractivity contribution in [3.05, 3.63) is 35.2 Å². The van der Waals surface area contributed by atoms with Crippen molar-refractivity contribution in [1.82, 2.24) is 20.2 Å². The molecule has 1 fully saturated rings. The minimum absolute atomic E-state index is 0.0410. The highest BCUT2D eigenvalue weighted by Crippen LogP contribution is 2.31. The summed E-state index contributed by atoms with van der Waals surface area (Å²) in [4.78, 5) is 23.3. The standard InChI is InChI=1S/C16H16N4O2S/c21-11-4-3-10(16(22)20-7-5-17-6-8-20)13-14(11)19-15(18-13)12-2-1-9-23-12/h1-4,9,17,21H,5-8H2,(H,18,19). The molecule has 1 amide bonds. The van der Waals surface area contributed by atoms with Crippen molar-refractivity contribution in [2.75, 3.05) is 26.2 Å². The fourth-order valence-electron chi connectivity index (χ4n) is 2.82. The molecule has 1 aliphatic rings. The summed E-state index contributed by atoms with van der Waals surface area (Å²) < 4.78 is 0. The number of benzene rings is 1. The predicted molar refractivity (Wildman–Crippen MR) is 89.8 cm³/mol. The van der Waals surface area contributed by atoms with Crippen molar-refractivity contribution in [1.29, 1.82) is 0 Å². The highest BCUT2D eigenvalue weighted by molar-refractivity contribution is 7.13. The molecule has 1 aliphatic heterocycles. The van der Waals surface area contributed by atoms with E-state index < -0.39 is 0 Å². The zero-order valence-corrected chi connectivity index (χ0v) is 13.2. The van der Waals surface area contributed by atoms with Gasteiger partial charge in [-0.25, -0.2) is 4.98 Å². The lowest BCUT2D eigenvalue weighted by Gasteiger charge is -2.27. The summed E-state index contributed by atoms with van der Waals surface area (Å²) in [5.41, 5.74) is 1.56. The summed E-state index contributed by atoms with van der Waals surface area (Å²) >= 11 is 1.56. The monoisotopic (exact) mass is 328 g/mol. The van der Waals surface area contributed by atoms with E-state index in [0.717, 1.165) is 18.0 Å². The molecule has 0 atom stereocenters. The molecule has 0 spiro atoms. The van der Waals surface area contributed by atoms with Gasteiger partial charge in [-0.15, -0.1) is 11.3 Å². The van der Waals surface area contributed by atoms with E-state index in [4.69, 9.17) is 0 Å². The Balaban J connectivity index is 1.80. The van der Waals surface area contributed by atoms with Crippen molar-refractivity contribution >= 4 is 28.3 Å². The largest absolute Gasteiger partial charge is 0.506 e. The second-order valence-electron chi connectivity index (χ2n) is 5.46. The van der Waals surface area contributed by atoms with Gasteiger partial charge in [0, 0.05) is 26.2 Å². The molecule has 0 unspecified atom stereocenters. The third-order valence-corrected chi connectivity index (χ3v) is 4.89. The molecule has 0 aliphatic carbocycles. The topological polar surface area (TPSA) is 81.2 Å². The Morgan fingerprint density at radius 2 is 2.09 bits per heavy atom. The molecular formula is C16H16N4O2S. The number of nitrogens with zero attached hydrogens (tertiary/aromatic N) is 2. The molecule has 0 bridgehead atoms. The number of imidazole rings is 1. The molecule has 6 nitrogen and oxygen atoms in total. The van der Waals surface area contributed by atoms with Crippen LogP contribution < -0.4 is 5.32 Å². The number of fused-ring (bicyclic) bond motifs is 1. The Kier molecular flexibility index (Phi) is 3.51. The van der Waals surface area contributed by atoms with Gasteiger partial charge >= 0.3 is 0 Å². The number of carbonyl (C=O) groups is 1. The van der Waals surface area contributed by atoms with Gasteiger partial charge in [0.05, 0.1) is 10.4 Å². The lowest BCUT2D eigenvalue weighted by Crippen LogP contribution is -2.46. The Morgan fingerprint density at radius 1 is 1.26 bits per heavy atom. The number of aromatic amines is 1. The van der Waals surface area contributed by atoms with E-state index in [1.165, 1.54) is 0 Å². The Morgan fingerprint density at radius 3 is 2.83 bits per heavy atom. The van der Waals surface area contributed by atoms with E-state index in [1.54, 1.807) is 23.5 Å². The van der Waals surface area contributed by atoms with E-state index in [0.29, 0.717) is 35.5 Å². The van der Waals surface area contributed by atoms with E-state index >= 15 is 0 Å². The lowest BCUT2D eigenvalue weighted by molar-refractivity contribution is 0.0737. The van der Waals surface area contributed by atoms with Crippen LogP contribution in [0.15, 0.2) is 29.6 Å². The van der Waals surface area contributed by atoms with Gasteiger partial charge in [0.15, 0.2) is 0 Å². The molecule has 118 valence electrons. The Labute approximate surface area is 136 Å². The fourth-order valence-corrected chi connectivity index (χ4v) is 3.49. The molecule has 23 heavy (non-hydrogen) atoms. The van der Waals surface area contributed by atoms with Crippen LogP contribution >= 0.6 is 11.3 Å². The van der Waals surface area contributed by atoms with Crippen molar-refractivity contribution in [3.63, 3.8) is 0 Å². The van der Waals surface area contributed by atoms with Gasteiger partial charge in [-0.05, 0) is 23.6 Å². The molecule has 3 heterocycles. The van der Waals surface area contributed by atoms with Crippen LogP contribution in [-0.2, 0) is 0 Å². The summed E-state index contributed by atoms with van der Waals surface area (Å²) in [5, 5.41) is 15.3. The molecule has 0 saturated carbocycles. The maximum Gasteiger partial charge on any atom is 0.256 e. The first-order valence-corrected chi connectivity index (χ1v) is 8.37. The number of H-pyrrole nitrogens is 1. The number of aromatic nitrogens is 2. The normalized spacial score (nSPS) is 15.2. The Hall–Kier alpha value is -2.38. The van der Waals surface area contributed by atoms with Crippen LogP contribution in [0.4, 0.5) is 0 Å². The number of hydrogen-bond acceptors (Lipinski definition) is 5. The first-order chi connectivity index (χ1) is 11.2. The second kappa shape index (κ2) is 5.68. The van der Waals surface area contributed by atoms with Crippen LogP contribution in [0.3, 0.4) is 0 Å². The molecule has 4 rings (SSSR count). The molecule has 1 aromatic carbocycles. The highest BCUT2D eigenvalue weighted by Gasteiger charge is 2.23. The summed E-state index contributed by atoms with van der Waals surface area (Å²) in [6.07, 6.45) is 0. The molecule has 1 saturated heterocycles. The number of nitrogens with one attached hydrogen (secondary N) is 2. The van der Waals surface area contributed by atoms with Gasteiger partial charge in [-0.2, -0.15) is 0 Å². The molecule has 0 radical (unpaired) electrons. The van der Waals surface area contributed by atoms with Crippen LogP contribution in [0.1, 0.15) is 10.4 Å². The van der Waals surface area contributed by atoms with Gasteiger partial charge in [0.25, 0.3) is 5.91 Å². The van der Waals surface area contributed by atoms with Crippen LogP contribution in [0.2, 0.25) is 0 Å². The minimum Gasteiger partial charge on any atom is -0.506 e. The molecule has 3 N–H and O–H groups in total. The van der Waals surface area contributed by atoms with Gasteiger partial charge in [-0.1, -0.05) is 6.07 Å². The van der Waals surface area contributed by atoms with Crippen LogP contribution in [-0.4, -0.2) is 52.1 Å². The van der Waals surface area contributed by atoms with Crippen molar-refractivity contribution in [2.45, 2.75) is 0 Å². The van der Waals surface area contributed by atoms with Gasteiger partial charge < -0.3 is 20.3 Å². The maximum absolute atomic E-state index is 12.8. The average Bonchev–Trinajstić information content (AvgIpc) is 3.25. The number of amides is 1. The average molecular weight is 328 g/mol. The van der Waals surface area contributed by atoms with E-state index in [1.807, 2.05) is 22.4 Å².